The van der Waals surface area contributed by atoms with Crippen LogP contribution < -0.4 is 11.2 Å². The molecular weight excluding hydrogens is 315 g/mol. The van der Waals surface area contributed by atoms with E-state index in [-0.39, 0.29) is 17.7 Å². The number of carbonyl (C=O) groups is 1. The molecular formula is C17H17FN2O4. The number of aromatic amines is 1. The van der Waals surface area contributed by atoms with Gasteiger partial charge in [-0.1, -0.05) is 6.07 Å². The van der Waals surface area contributed by atoms with Crippen LogP contribution in [0.2, 0.25) is 0 Å². The van der Waals surface area contributed by atoms with E-state index in [2.05, 4.69) is 9.72 Å². The van der Waals surface area contributed by atoms with Crippen LogP contribution in [0.25, 0.3) is 0 Å². The van der Waals surface area contributed by atoms with Crippen molar-refractivity contribution in [3.63, 3.8) is 0 Å². The molecule has 0 atom stereocenters. The Kier molecular flexibility index (Phi) is 4.33. The number of methoxy groups -OCH3 is 1. The van der Waals surface area contributed by atoms with Crippen LogP contribution in [0, 0.1) is 5.82 Å². The van der Waals surface area contributed by atoms with Gasteiger partial charge in [0.2, 0.25) is 0 Å². The number of nitrogens with one attached hydrogen (secondary N) is 1. The third-order valence-corrected chi connectivity index (χ3v) is 4.28. The monoisotopic (exact) mass is 332 g/mol. The summed E-state index contributed by atoms with van der Waals surface area (Å²) in [4.78, 5) is 38.1. The second-order valence-electron chi connectivity index (χ2n) is 5.78. The number of nitrogens with zero attached hydrogens (tertiary/aromatic N) is 1. The summed E-state index contributed by atoms with van der Waals surface area (Å²) in [5.41, 5.74) is 0.931. The Morgan fingerprint density at radius 2 is 2.04 bits per heavy atom. The molecule has 0 fully saturated rings. The minimum absolute atomic E-state index is 0.155. The lowest BCUT2D eigenvalue weighted by molar-refractivity contribution is 0.0595. The molecule has 0 aliphatic heterocycles. The molecule has 0 unspecified atom stereocenters. The summed E-state index contributed by atoms with van der Waals surface area (Å²) < 4.78 is 19.8. The third kappa shape index (κ3) is 2.89. The van der Waals surface area contributed by atoms with Crippen LogP contribution >= 0.6 is 0 Å². The number of hydrogen-bond acceptors (Lipinski definition) is 4. The van der Waals surface area contributed by atoms with Gasteiger partial charge in [-0.25, -0.2) is 14.0 Å². The average molecular weight is 332 g/mol. The molecule has 24 heavy (non-hydrogen) atoms. The molecule has 7 heteroatoms. The number of benzene rings is 1. The van der Waals surface area contributed by atoms with Gasteiger partial charge in [0.15, 0.2) is 0 Å². The molecule has 1 aromatic heterocycles. The van der Waals surface area contributed by atoms with Gasteiger partial charge in [-0.05, 0) is 43.4 Å². The summed E-state index contributed by atoms with van der Waals surface area (Å²) in [5.74, 6) is -1.45. The van der Waals surface area contributed by atoms with Crippen molar-refractivity contribution in [2.45, 2.75) is 32.2 Å². The van der Waals surface area contributed by atoms with E-state index in [1.54, 1.807) is 0 Å². The lowest BCUT2D eigenvalue weighted by Gasteiger charge is -2.20. The molecule has 6 nitrogen and oxygen atoms in total. The summed E-state index contributed by atoms with van der Waals surface area (Å²) in [7, 11) is 1.18. The Labute approximate surface area is 136 Å². The van der Waals surface area contributed by atoms with E-state index in [1.165, 1.54) is 29.9 Å². The summed E-state index contributed by atoms with van der Waals surface area (Å²) >= 11 is 0. The Hall–Kier alpha value is -2.70. The number of hydrogen-bond donors (Lipinski definition) is 1. The van der Waals surface area contributed by atoms with E-state index in [4.69, 9.17) is 0 Å². The summed E-state index contributed by atoms with van der Waals surface area (Å²) in [5, 5.41) is 0. The van der Waals surface area contributed by atoms with Crippen molar-refractivity contribution in [1.29, 1.82) is 0 Å². The SMILES string of the molecule is COC(=O)c1cc(Cn2c3c(c(=O)[nH]c2=O)CCCC3)ccc1F. The molecule has 1 aliphatic rings. The summed E-state index contributed by atoms with van der Waals surface area (Å²) in [6.07, 6.45) is 3.12. The van der Waals surface area contributed by atoms with Gasteiger partial charge in [-0.15, -0.1) is 0 Å². The van der Waals surface area contributed by atoms with Gasteiger partial charge < -0.3 is 4.74 Å². The first-order chi connectivity index (χ1) is 11.5. The van der Waals surface area contributed by atoms with E-state index in [0.717, 1.165) is 18.5 Å². The Bertz CT molecular complexity index is 914. The largest absolute Gasteiger partial charge is 0.465 e. The normalized spacial score (nSPS) is 13.4. The Morgan fingerprint density at radius 1 is 1.29 bits per heavy atom. The van der Waals surface area contributed by atoms with Gasteiger partial charge in [0.05, 0.1) is 19.2 Å². The second-order valence-corrected chi connectivity index (χ2v) is 5.78. The minimum Gasteiger partial charge on any atom is -0.465 e. The Morgan fingerprint density at radius 3 is 2.79 bits per heavy atom. The number of carbonyl (C=O) groups excluding carboxylic acids is 1. The van der Waals surface area contributed by atoms with Gasteiger partial charge in [-0.2, -0.15) is 0 Å². The molecule has 1 heterocycles. The van der Waals surface area contributed by atoms with Crippen LogP contribution in [0.15, 0.2) is 27.8 Å². The molecule has 0 radical (unpaired) electrons. The zero-order chi connectivity index (χ0) is 17.3. The molecule has 3 rings (SSSR count). The van der Waals surface area contributed by atoms with E-state index in [0.29, 0.717) is 24.0 Å². The van der Waals surface area contributed by atoms with Gasteiger partial charge in [0.25, 0.3) is 5.56 Å². The van der Waals surface area contributed by atoms with Gasteiger partial charge in [0, 0.05) is 11.3 Å². The van der Waals surface area contributed by atoms with Crippen molar-refractivity contribution in [3.8, 4) is 0 Å². The molecule has 0 spiro atoms. The number of H-pyrrole nitrogens is 1. The smallest absolute Gasteiger partial charge is 0.340 e. The maximum Gasteiger partial charge on any atom is 0.340 e. The molecule has 1 N–H and O–H groups in total. The molecule has 0 bridgehead atoms. The maximum atomic E-state index is 13.7. The maximum absolute atomic E-state index is 13.7. The van der Waals surface area contributed by atoms with Crippen molar-refractivity contribution in [1.82, 2.24) is 9.55 Å². The molecule has 126 valence electrons. The number of halogens is 1. The molecule has 1 aromatic carbocycles. The number of rotatable bonds is 3. The van der Waals surface area contributed by atoms with Crippen LogP contribution in [-0.2, 0) is 24.1 Å². The minimum atomic E-state index is -0.773. The van der Waals surface area contributed by atoms with Crippen molar-refractivity contribution >= 4 is 5.97 Å². The van der Waals surface area contributed by atoms with Crippen molar-refractivity contribution in [2.24, 2.45) is 0 Å². The highest BCUT2D eigenvalue weighted by atomic mass is 19.1. The van der Waals surface area contributed by atoms with Crippen molar-refractivity contribution in [3.05, 3.63) is 67.2 Å². The quantitative estimate of drug-likeness (QED) is 0.861. The highest BCUT2D eigenvalue weighted by Gasteiger charge is 2.19. The third-order valence-electron chi connectivity index (χ3n) is 4.28. The van der Waals surface area contributed by atoms with Crippen LogP contribution in [0.4, 0.5) is 4.39 Å². The first kappa shape index (κ1) is 16.2. The van der Waals surface area contributed by atoms with Gasteiger partial charge >= 0.3 is 11.7 Å². The average Bonchev–Trinajstić information content (AvgIpc) is 2.59. The van der Waals surface area contributed by atoms with E-state index in [9.17, 15) is 18.8 Å². The number of ether oxygens (including phenoxy) is 1. The van der Waals surface area contributed by atoms with E-state index < -0.39 is 17.5 Å². The summed E-state index contributed by atoms with van der Waals surface area (Å²) in [6.45, 7) is 0.155. The van der Waals surface area contributed by atoms with Crippen LogP contribution in [0.3, 0.4) is 0 Å². The highest BCUT2D eigenvalue weighted by molar-refractivity contribution is 5.89. The fourth-order valence-corrected chi connectivity index (χ4v) is 3.08. The number of esters is 1. The van der Waals surface area contributed by atoms with E-state index >= 15 is 0 Å². The molecule has 1 aliphatic carbocycles. The van der Waals surface area contributed by atoms with E-state index in [1.807, 2.05) is 0 Å². The standard InChI is InChI=1S/C17H17FN2O4/c1-24-16(22)12-8-10(6-7-13(12)18)9-20-14-5-3-2-4-11(14)15(21)19-17(20)23/h6-8H,2-5,9H2,1H3,(H,19,21,23). The lowest BCUT2D eigenvalue weighted by atomic mass is 9.96. The van der Waals surface area contributed by atoms with Crippen LogP contribution in [0.5, 0.6) is 0 Å². The van der Waals surface area contributed by atoms with Gasteiger partial charge in [0.1, 0.15) is 5.82 Å². The van der Waals surface area contributed by atoms with Crippen molar-refractivity contribution < 1.29 is 13.9 Å². The number of aromatic nitrogens is 2. The highest BCUT2D eigenvalue weighted by Crippen LogP contribution is 2.18. The first-order valence-corrected chi connectivity index (χ1v) is 7.73. The Balaban J connectivity index is 2.05. The second kappa shape index (κ2) is 6.43. The lowest BCUT2D eigenvalue weighted by Crippen LogP contribution is -2.37. The van der Waals surface area contributed by atoms with Crippen LogP contribution in [0.1, 0.15) is 40.0 Å². The molecule has 0 saturated carbocycles. The molecule has 0 saturated heterocycles. The van der Waals surface area contributed by atoms with Gasteiger partial charge in [-0.3, -0.25) is 14.3 Å². The topological polar surface area (TPSA) is 81.2 Å². The zero-order valence-corrected chi connectivity index (χ0v) is 13.2. The predicted octanol–water partition coefficient (Wildman–Crippen LogP) is 1.39. The van der Waals surface area contributed by atoms with Crippen LogP contribution in [-0.4, -0.2) is 22.6 Å². The molecule has 0 amide bonds. The fourth-order valence-electron chi connectivity index (χ4n) is 3.08. The van der Waals surface area contributed by atoms with Crippen molar-refractivity contribution in [2.75, 3.05) is 7.11 Å². The first-order valence-electron chi connectivity index (χ1n) is 7.73. The summed E-state index contributed by atoms with van der Waals surface area (Å²) in [6, 6.07) is 4.05. The number of fused-ring (bicyclic) bond motifs is 1. The zero-order valence-electron chi connectivity index (χ0n) is 13.2. The predicted molar refractivity (Wildman–Crippen MR) is 84.8 cm³/mol. The fraction of sp³-hybridized carbons (Fsp3) is 0.353. The molecule has 2 aromatic rings.